The number of ether oxygens (including phenoxy) is 1. The van der Waals surface area contributed by atoms with Gasteiger partial charge in [0.1, 0.15) is 11.9 Å². The highest BCUT2D eigenvalue weighted by atomic mass is 19.1. The molecule has 5 heteroatoms. The zero-order chi connectivity index (χ0) is 16.8. The van der Waals surface area contributed by atoms with Crippen molar-refractivity contribution in [1.29, 1.82) is 0 Å². The van der Waals surface area contributed by atoms with Crippen LogP contribution in [0.1, 0.15) is 21.5 Å². The average Bonchev–Trinajstić information content (AvgIpc) is 2.55. The van der Waals surface area contributed by atoms with E-state index in [1.165, 1.54) is 25.3 Å². The maximum Gasteiger partial charge on any atom is 0.328 e. The van der Waals surface area contributed by atoms with Crippen LogP contribution < -0.4 is 5.32 Å². The van der Waals surface area contributed by atoms with Gasteiger partial charge in [0.15, 0.2) is 0 Å². The molecule has 1 amide bonds. The number of hydrogen-bond acceptors (Lipinski definition) is 3. The van der Waals surface area contributed by atoms with Gasteiger partial charge in [-0.15, -0.1) is 0 Å². The normalized spacial score (nSPS) is 11.6. The van der Waals surface area contributed by atoms with Gasteiger partial charge in [-0.05, 0) is 30.7 Å². The summed E-state index contributed by atoms with van der Waals surface area (Å²) in [5, 5.41) is 2.59. The maximum absolute atomic E-state index is 13.2. The lowest BCUT2D eigenvalue weighted by molar-refractivity contribution is -0.142. The van der Waals surface area contributed by atoms with E-state index in [4.69, 9.17) is 4.74 Å². The highest BCUT2D eigenvalue weighted by molar-refractivity contribution is 5.96. The molecule has 1 atom stereocenters. The molecule has 0 unspecified atom stereocenters. The second-order valence-electron chi connectivity index (χ2n) is 5.25. The number of hydrogen-bond donors (Lipinski definition) is 1. The van der Waals surface area contributed by atoms with E-state index in [1.807, 2.05) is 31.2 Å². The van der Waals surface area contributed by atoms with Crippen LogP contribution in [0.5, 0.6) is 0 Å². The third kappa shape index (κ3) is 4.64. The lowest BCUT2D eigenvalue weighted by Gasteiger charge is -2.17. The van der Waals surface area contributed by atoms with Gasteiger partial charge in [0.2, 0.25) is 0 Å². The van der Waals surface area contributed by atoms with E-state index in [1.54, 1.807) is 0 Å². The Morgan fingerprint density at radius 1 is 1.17 bits per heavy atom. The molecule has 0 aliphatic heterocycles. The van der Waals surface area contributed by atoms with Crippen LogP contribution >= 0.6 is 0 Å². The van der Waals surface area contributed by atoms with E-state index in [-0.39, 0.29) is 5.56 Å². The molecule has 0 aliphatic rings. The molecule has 0 aliphatic carbocycles. The van der Waals surface area contributed by atoms with Crippen molar-refractivity contribution in [2.45, 2.75) is 19.4 Å². The van der Waals surface area contributed by atoms with Gasteiger partial charge >= 0.3 is 5.97 Å². The van der Waals surface area contributed by atoms with Gasteiger partial charge in [-0.2, -0.15) is 0 Å². The summed E-state index contributed by atoms with van der Waals surface area (Å²) in [6.45, 7) is 1.97. The van der Waals surface area contributed by atoms with Crippen molar-refractivity contribution in [2.75, 3.05) is 7.11 Å². The molecule has 0 radical (unpaired) electrons. The topological polar surface area (TPSA) is 55.4 Å². The van der Waals surface area contributed by atoms with Crippen LogP contribution in [-0.4, -0.2) is 25.0 Å². The smallest absolute Gasteiger partial charge is 0.328 e. The quantitative estimate of drug-likeness (QED) is 0.863. The fourth-order valence-corrected chi connectivity index (χ4v) is 2.17. The Bertz CT molecular complexity index is 698. The number of halogens is 1. The van der Waals surface area contributed by atoms with Crippen molar-refractivity contribution in [3.05, 3.63) is 71.0 Å². The molecule has 0 fully saturated rings. The number of amides is 1. The van der Waals surface area contributed by atoms with Crippen LogP contribution in [-0.2, 0) is 16.0 Å². The summed E-state index contributed by atoms with van der Waals surface area (Å²) < 4.78 is 17.9. The Morgan fingerprint density at radius 2 is 1.87 bits per heavy atom. The molecule has 2 aromatic rings. The van der Waals surface area contributed by atoms with E-state index in [9.17, 15) is 14.0 Å². The first-order valence-electron chi connectivity index (χ1n) is 7.19. The molecule has 4 nitrogen and oxygen atoms in total. The second kappa shape index (κ2) is 7.54. The summed E-state index contributed by atoms with van der Waals surface area (Å²) in [7, 11) is 1.26. The minimum atomic E-state index is -0.835. The summed E-state index contributed by atoms with van der Waals surface area (Å²) in [5.74, 6) is -1.58. The van der Waals surface area contributed by atoms with Gasteiger partial charge in [0, 0.05) is 12.0 Å². The van der Waals surface area contributed by atoms with Crippen molar-refractivity contribution >= 4 is 11.9 Å². The number of esters is 1. The number of aryl methyl sites for hydroxylation is 1. The molecule has 0 bridgehead atoms. The molecule has 0 heterocycles. The van der Waals surface area contributed by atoms with Crippen molar-refractivity contribution < 1.29 is 18.7 Å². The first-order valence-corrected chi connectivity index (χ1v) is 7.19. The van der Waals surface area contributed by atoms with E-state index < -0.39 is 23.7 Å². The minimum absolute atomic E-state index is 0.155. The highest BCUT2D eigenvalue weighted by Gasteiger charge is 2.22. The van der Waals surface area contributed by atoms with Crippen molar-refractivity contribution in [3.63, 3.8) is 0 Å². The number of benzene rings is 2. The Kier molecular flexibility index (Phi) is 5.46. The van der Waals surface area contributed by atoms with Gasteiger partial charge in [0.05, 0.1) is 7.11 Å². The summed E-state index contributed by atoms with van der Waals surface area (Å²) >= 11 is 0. The lowest BCUT2D eigenvalue weighted by atomic mass is 10.0. The zero-order valence-electron chi connectivity index (χ0n) is 13.0. The molecule has 0 saturated heterocycles. The number of rotatable bonds is 5. The van der Waals surface area contributed by atoms with E-state index >= 15 is 0 Å². The van der Waals surface area contributed by atoms with Gasteiger partial charge in [-0.3, -0.25) is 4.79 Å². The predicted molar refractivity (Wildman–Crippen MR) is 84.6 cm³/mol. The molecule has 1 N–H and O–H groups in total. The SMILES string of the molecule is COC(=O)[C@H](Cc1ccc(C)cc1)NC(=O)c1cccc(F)c1. The van der Waals surface area contributed by atoms with Crippen LogP contribution in [0.2, 0.25) is 0 Å². The van der Waals surface area contributed by atoms with Crippen LogP contribution in [0.4, 0.5) is 4.39 Å². The molecule has 2 aromatic carbocycles. The molecular formula is C18H18FNO3. The molecular weight excluding hydrogens is 297 g/mol. The maximum atomic E-state index is 13.2. The van der Waals surface area contributed by atoms with E-state index in [0.717, 1.165) is 17.2 Å². The number of methoxy groups -OCH3 is 1. The largest absolute Gasteiger partial charge is 0.467 e. The first-order chi connectivity index (χ1) is 11.0. The predicted octanol–water partition coefficient (Wildman–Crippen LogP) is 2.65. The molecule has 2 rings (SSSR count). The minimum Gasteiger partial charge on any atom is -0.467 e. The number of nitrogens with one attached hydrogen (secondary N) is 1. The van der Waals surface area contributed by atoms with Crippen LogP contribution in [0.15, 0.2) is 48.5 Å². The van der Waals surface area contributed by atoms with Crippen molar-refractivity contribution in [3.8, 4) is 0 Å². The Labute approximate surface area is 134 Å². The van der Waals surface area contributed by atoms with Gasteiger partial charge in [-0.25, -0.2) is 9.18 Å². The molecule has 0 aromatic heterocycles. The first kappa shape index (κ1) is 16.7. The molecule has 0 spiro atoms. The molecule has 23 heavy (non-hydrogen) atoms. The van der Waals surface area contributed by atoms with Crippen LogP contribution in [0, 0.1) is 12.7 Å². The lowest BCUT2D eigenvalue weighted by Crippen LogP contribution is -2.43. The van der Waals surface area contributed by atoms with Gasteiger partial charge in [-0.1, -0.05) is 35.9 Å². The summed E-state index contributed by atoms with van der Waals surface area (Å²) in [6, 6.07) is 12.1. The number of carbonyl (C=O) groups is 2. The fraction of sp³-hybridized carbons (Fsp3) is 0.222. The van der Waals surface area contributed by atoms with Crippen molar-refractivity contribution in [2.24, 2.45) is 0 Å². The molecule has 0 saturated carbocycles. The fourth-order valence-electron chi connectivity index (χ4n) is 2.17. The van der Waals surface area contributed by atoms with Crippen LogP contribution in [0.25, 0.3) is 0 Å². The third-order valence-corrected chi connectivity index (χ3v) is 3.44. The Hall–Kier alpha value is -2.69. The third-order valence-electron chi connectivity index (χ3n) is 3.44. The summed E-state index contributed by atoms with van der Waals surface area (Å²) in [6.07, 6.45) is 0.300. The van der Waals surface area contributed by atoms with E-state index in [0.29, 0.717) is 6.42 Å². The van der Waals surface area contributed by atoms with Gasteiger partial charge < -0.3 is 10.1 Å². The van der Waals surface area contributed by atoms with Gasteiger partial charge in [0.25, 0.3) is 5.91 Å². The standard InChI is InChI=1S/C18H18FNO3/c1-12-6-8-13(9-7-12)10-16(18(22)23-2)20-17(21)14-4-3-5-15(19)11-14/h3-9,11,16H,10H2,1-2H3,(H,20,21)/t16-/m0/s1. The Morgan fingerprint density at radius 3 is 2.48 bits per heavy atom. The highest BCUT2D eigenvalue weighted by Crippen LogP contribution is 2.09. The Balaban J connectivity index is 2.13. The summed E-state index contributed by atoms with van der Waals surface area (Å²) in [4.78, 5) is 24.1. The average molecular weight is 315 g/mol. The number of carbonyl (C=O) groups excluding carboxylic acids is 2. The summed E-state index contributed by atoms with van der Waals surface area (Å²) in [5.41, 5.74) is 2.15. The zero-order valence-corrected chi connectivity index (χ0v) is 13.0. The second-order valence-corrected chi connectivity index (χ2v) is 5.25. The van der Waals surface area contributed by atoms with Crippen LogP contribution in [0.3, 0.4) is 0 Å². The monoisotopic (exact) mass is 315 g/mol. The van der Waals surface area contributed by atoms with E-state index in [2.05, 4.69) is 5.32 Å². The van der Waals surface area contributed by atoms with Crippen molar-refractivity contribution in [1.82, 2.24) is 5.32 Å². The molecule has 120 valence electrons.